The fourth-order valence-electron chi connectivity index (χ4n) is 1.80. The van der Waals surface area contributed by atoms with Crippen molar-refractivity contribution in [3.05, 3.63) is 63.1 Å². The number of thiocarbonyl (C=S) groups is 1. The largest absolute Gasteiger partial charge is 0.496 e. The maximum atomic E-state index is 12.1. The third-order valence-corrected chi connectivity index (χ3v) is 4.11. The van der Waals surface area contributed by atoms with Crippen LogP contribution in [0.4, 0.5) is 0 Å². The van der Waals surface area contributed by atoms with Crippen LogP contribution in [0, 0.1) is 0 Å². The van der Waals surface area contributed by atoms with E-state index in [0.717, 1.165) is 0 Å². The van der Waals surface area contributed by atoms with Crippen LogP contribution in [0.3, 0.4) is 0 Å². The summed E-state index contributed by atoms with van der Waals surface area (Å²) >= 11 is 14.0. The summed E-state index contributed by atoms with van der Waals surface area (Å²) < 4.78 is 5.74. The van der Waals surface area contributed by atoms with E-state index < -0.39 is 11.8 Å². The van der Waals surface area contributed by atoms with Gasteiger partial charge in [0.2, 0.25) is 0 Å². The van der Waals surface area contributed by atoms with Gasteiger partial charge in [-0.3, -0.25) is 25.8 Å². The number of rotatable bonds is 3. The molecule has 0 radical (unpaired) electrons. The summed E-state index contributed by atoms with van der Waals surface area (Å²) in [6.45, 7) is 0. The molecule has 0 saturated heterocycles. The van der Waals surface area contributed by atoms with Gasteiger partial charge in [0.15, 0.2) is 5.11 Å². The standard InChI is InChI=1S/C16H13BrClN3O3S/c1-24-13-7-4-10(8-12(13)17)15(23)20-21-16(25)19-14(22)9-2-5-11(18)6-3-9/h2-8H,1H3,(H,20,23)(H2,19,21,22,25). The summed E-state index contributed by atoms with van der Waals surface area (Å²) in [5.41, 5.74) is 5.64. The van der Waals surface area contributed by atoms with Gasteiger partial charge in [0, 0.05) is 16.1 Å². The molecule has 0 heterocycles. The number of nitrogens with one attached hydrogen (secondary N) is 3. The van der Waals surface area contributed by atoms with Crippen LogP contribution < -0.4 is 20.9 Å². The lowest BCUT2D eigenvalue weighted by Gasteiger charge is -2.11. The highest BCUT2D eigenvalue weighted by Crippen LogP contribution is 2.25. The molecular weight excluding hydrogens is 430 g/mol. The smallest absolute Gasteiger partial charge is 0.269 e. The van der Waals surface area contributed by atoms with Crippen molar-refractivity contribution >= 4 is 56.7 Å². The van der Waals surface area contributed by atoms with E-state index in [9.17, 15) is 9.59 Å². The minimum absolute atomic E-state index is 0.0409. The monoisotopic (exact) mass is 441 g/mol. The first-order valence-corrected chi connectivity index (χ1v) is 8.49. The molecule has 0 unspecified atom stereocenters. The van der Waals surface area contributed by atoms with E-state index in [0.29, 0.717) is 26.4 Å². The molecule has 0 bridgehead atoms. The van der Waals surface area contributed by atoms with Crippen molar-refractivity contribution in [2.24, 2.45) is 0 Å². The summed E-state index contributed by atoms with van der Waals surface area (Å²) in [6.07, 6.45) is 0. The van der Waals surface area contributed by atoms with E-state index in [1.54, 1.807) is 42.5 Å². The molecule has 2 amide bonds. The number of methoxy groups -OCH3 is 1. The van der Waals surface area contributed by atoms with Crippen LogP contribution in [0.1, 0.15) is 20.7 Å². The first-order valence-electron chi connectivity index (χ1n) is 6.91. The predicted octanol–water partition coefficient (Wildman–Crippen LogP) is 3.06. The Labute approximate surface area is 163 Å². The van der Waals surface area contributed by atoms with Gasteiger partial charge in [0.1, 0.15) is 5.75 Å². The zero-order valence-electron chi connectivity index (χ0n) is 12.9. The van der Waals surface area contributed by atoms with Crippen molar-refractivity contribution in [3.63, 3.8) is 0 Å². The summed E-state index contributed by atoms with van der Waals surface area (Å²) in [7, 11) is 1.53. The minimum Gasteiger partial charge on any atom is -0.496 e. The average molecular weight is 443 g/mol. The number of hydrogen-bond acceptors (Lipinski definition) is 4. The quantitative estimate of drug-likeness (QED) is 0.503. The first kappa shape index (κ1) is 19.2. The number of hydrogen-bond donors (Lipinski definition) is 3. The molecule has 0 aromatic heterocycles. The Morgan fingerprint density at radius 1 is 1.04 bits per heavy atom. The van der Waals surface area contributed by atoms with E-state index in [1.807, 2.05) is 0 Å². The van der Waals surface area contributed by atoms with Gasteiger partial charge >= 0.3 is 0 Å². The highest BCUT2D eigenvalue weighted by molar-refractivity contribution is 9.10. The van der Waals surface area contributed by atoms with E-state index in [1.165, 1.54) is 7.11 Å². The second kappa shape index (κ2) is 8.80. The Balaban J connectivity index is 1.88. The number of hydrazine groups is 1. The maximum absolute atomic E-state index is 12.1. The van der Waals surface area contributed by atoms with E-state index in [4.69, 9.17) is 28.6 Å². The second-order valence-corrected chi connectivity index (χ2v) is 6.42. The van der Waals surface area contributed by atoms with E-state index in [2.05, 4.69) is 32.1 Å². The molecule has 0 fully saturated rings. The van der Waals surface area contributed by atoms with Gasteiger partial charge in [-0.2, -0.15) is 0 Å². The van der Waals surface area contributed by atoms with Crippen molar-refractivity contribution in [1.29, 1.82) is 0 Å². The van der Waals surface area contributed by atoms with Gasteiger partial charge in [-0.25, -0.2) is 0 Å². The molecule has 25 heavy (non-hydrogen) atoms. The summed E-state index contributed by atoms with van der Waals surface area (Å²) in [6, 6.07) is 11.2. The third kappa shape index (κ3) is 5.42. The number of halogens is 2. The fourth-order valence-corrected chi connectivity index (χ4v) is 2.61. The fraction of sp³-hybridized carbons (Fsp3) is 0.0625. The molecule has 3 N–H and O–H groups in total. The van der Waals surface area contributed by atoms with E-state index >= 15 is 0 Å². The second-order valence-electron chi connectivity index (χ2n) is 4.72. The molecular formula is C16H13BrClN3O3S. The molecule has 0 saturated carbocycles. The van der Waals surface area contributed by atoms with Crippen LogP contribution in [-0.4, -0.2) is 24.0 Å². The zero-order valence-corrected chi connectivity index (χ0v) is 16.1. The molecule has 6 nitrogen and oxygen atoms in total. The molecule has 2 aromatic rings. The van der Waals surface area contributed by atoms with Crippen LogP contribution in [0.2, 0.25) is 5.02 Å². The molecule has 0 aliphatic carbocycles. The van der Waals surface area contributed by atoms with Crippen LogP contribution >= 0.6 is 39.7 Å². The Kier molecular flexibility index (Phi) is 6.74. The number of carbonyl (C=O) groups excluding carboxylic acids is 2. The lowest BCUT2D eigenvalue weighted by Crippen LogP contribution is -2.48. The van der Waals surface area contributed by atoms with Crippen LogP contribution in [-0.2, 0) is 0 Å². The average Bonchev–Trinajstić information content (AvgIpc) is 2.60. The van der Waals surface area contributed by atoms with Crippen molar-refractivity contribution < 1.29 is 14.3 Å². The molecule has 2 aromatic carbocycles. The summed E-state index contributed by atoms with van der Waals surface area (Å²) in [5, 5.41) is 2.93. The SMILES string of the molecule is COc1ccc(C(=O)NNC(=S)NC(=O)c2ccc(Cl)cc2)cc1Br. The van der Waals surface area contributed by atoms with Crippen molar-refractivity contribution in [1.82, 2.24) is 16.2 Å². The van der Waals surface area contributed by atoms with E-state index in [-0.39, 0.29) is 5.11 Å². The molecule has 9 heteroatoms. The van der Waals surface area contributed by atoms with Crippen molar-refractivity contribution in [2.75, 3.05) is 7.11 Å². The van der Waals surface area contributed by atoms with Gasteiger partial charge in [0.05, 0.1) is 11.6 Å². The number of benzene rings is 2. The lowest BCUT2D eigenvalue weighted by molar-refractivity contribution is 0.0934. The normalized spacial score (nSPS) is 9.88. The topological polar surface area (TPSA) is 79.5 Å². The Morgan fingerprint density at radius 2 is 1.68 bits per heavy atom. The molecule has 0 aliphatic rings. The Hall–Kier alpha value is -2.16. The molecule has 0 aliphatic heterocycles. The zero-order chi connectivity index (χ0) is 18.4. The maximum Gasteiger partial charge on any atom is 0.269 e. The summed E-state index contributed by atoms with van der Waals surface area (Å²) in [4.78, 5) is 24.1. The Bertz CT molecular complexity index is 815. The third-order valence-electron chi connectivity index (χ3n) is 3.04. The van der Waals surface area contributed by atoms with Crippen molar-refractivity contribution in [2.45, 2.75) is 0 Å². The van der Waals surface area contributed by atoms with Gasteiger partial charge in [-0.15, -0.1) is 0 Å². The highest BCUT2D eigenvalue weighted by atomic mass is 79.9. The van der Waals surface area contributed by atoms with Crippen LogP contribution in [0.25, 0.3) is 0 Å². The highest BCUT2D eigenvalue weighted by Gasteiger charge is 2.11. The molecule has 2 rings (SSSR count). The Morgan fingerprint density at radius 3 is 2.28 bits per heavy atom. The molecule has 0 atom stereocenters. The van der Waals surface area contributed by atoms with Crippen LogP contribution in [0.15, 0.2) is 46.9 Å². The van der Waals surface area contributed by atoms with Gasteiger partial charge in [-0.1, -0.05) is 11.6 Å². The minimum atomic E-state index is -0.425. The van der Waals surface area contributed by atoms with Gasteiger partial charge in [-0.05, 0) is 70.6 Å². The first-order chi connectivity index (χ1) is 11.9. The molecule has 0 spiro atoms. The van der Waals surface area contributed by atoms with Crippen molar-refractivity contribution in [3.8, 4) is 5.75 Å². The number of amides is 2. The van der Waals surface area contributed by atoms with Crippen LogP contribution in [0.5, 0.6) is 5.75 Å². The number of carbonyl (C=O) groups is 2. The van der Waals surface area contributed by atoms with Gasteiger partial charge in [0.25, 0.3) is 11.8 Å². The predicted molar refractivity (Wildman–Crippen MR) is 103 cm³/mol. The lowest BCUT2D eigenvalue weighted by atomic mass is 10.2. The van der Waals surface area contributed by atoms with Gasteiger partial charge < -0.3 is 4.74 Å². The molecule has 130 valence electrons. The number of ether oxygens (including phenoxy) is 1. The summed E-state index contributed by atoms with van der Waals surface area (Å²) in [5.74, 6) is -0.239.